The lowest BCUT2D eigenvalue weighted by Crippen LogP contribution is -3.00. The molecule has 4 aromatic rings. The van der Waals surface area contributed by atoms with Crippen LogP contribution in [0.1, 0.15) is 0 Å². The fourth-order valence-electron chi connectivity index (χ4n) is 2.48. The van der Waals surface area contributed by atoms with Gasteiger partial charge in [-0.25, -0.2) is 0 Å². The molecule has 0 radical (unpaired) electrons. The zero-order chi connectivity index (χ0) is 10.5. The van der Waals surface area contributed by atoms with Gasteiger partial charge in [-0.15, -0.1) is 5.10 Å². The van der Waals surface area contributed by atoms with Crippen LogP contribution in [0.25, 0.3) is 32.4 Å². The van der Waals surface area contributed by atoms with Crippen molar-refractivity contribution in [3.8, 4) is 0 Å². The number of hydrogen-bond donors (Lipinski definition) is 0. The van der Waals surface area contributed by atoms with E-state index in [0.717, 1.165) is 5.52 Å². The molecule has 1 N–H and O–H groups in total. The Morgan fingerprint density at radius 1 is 0.765 bits per heavy atom. The summed E-state index contributed by atoms with van der Waals surface area (Å²) in [4.78, 5) is 0. The molecule has 0 unspecified atom stereocenters. The third kappa shape index (κ3) is 1.38. The predicted octanol–water partition coefficient (Wildman–Crippen LogP) is -0.203. The van der Waals surface area contributed by atoms with Gasteiger partial charge < -0.3 is 24.0 Å². The van der Waals surface area contributed by atoms with Gasteiger partial charge in [0.05, 0.1) is 5.39 Å². The molecule has 0 atom stereocenters. The van der Waals surface area contributed by atoms with Gasteiger partial charge in [-0.05, 0) is 33.4 Å². The van der Waals surface area contributed by atoms with Crippen LogP contribution in [0.15, 0.2) is 48.7 Å². The molecule has 3 heteroatoms. The number of aromatic amines is 1. The molecular formula is C14H9IN2. The van der Waals surface area contributed by atoms with Crippen molar-refractivity contribution in [2.75, 3.05) is 0 Å². The lowest BCUT2D eigenvalue weighted by Gasteiger charge is -2.06. The molecule has 2 nitrogen and oxygen atoms in total. The summed E-state index contributed by atoms with van der Waals surface area (Å²) < 4.78 is 0. The monoisotopic (exact) mass is 332 g/mol. The summed E-state index contributed by atoms with van der Waals surface area (Å²) in [5.74, 6) is 0. The summed E-state index contributed by atoms with van der Waals surface area (Å²) >= 11 is 0. The standard InChI is InChI=1S/C14H8N2.HI/c1-2-9-4-5-11-8-15-16-12-7-6-10(3-1)13(9)14(11)12;/h1-8H;1H. The number of halogens is 1. The van der Waals surface area contributed by atoms with E-state index < -0.39 is 0 Å². The van der Waals surface area contributed by atoms with E-state index in [2.05, 4.69) is 52.7 Å². The van der Waals surface area contributed by atoms with Crippen LogP contribution in [0.5, 0.6) is 0 Å². The molecular weight excluding hydrogens is 323 g/mol. The molecule has 17 heavy (non-hydrogen) atoms. The van der Waals surface area contributed by atoms with Gasteiger partial charge in [-0.2, -0.15) is 0 Å². The number of aromatic nitrogens is 2. The Hall–Kier alpha value is -1.49. The van der Waals surface area contributed by atoms with E-state index in [9.17, 15) is 0 Å². The maximum atomic E-state index is 4.31. The Balaban J connectivity index is 0.000000902. The Labute approximate surface area is 115 Å². The van der Waals surface area contributed by atoms with Gasteiger partial charge in [0.1, 0.15) is 5.52 Å². The molecule has 1 heterocycles. The zero-order valence-electron chi connectivity index (χ0n) is 8.94. The highest BCUT2D eigenvalue weighted by Gasteiger charge is 2.09. The minimum absolute atomic E-state index is 0. The molecule has 0 bridgehead atoms. The van der Waals surface area contributed by atoms with E-state index in [0.29, 0.717) is 0 Å². The first-order chi connectivity index (χ1) is 7.93. The van der Waals surface area contributed by atoms with Crippen LogP contribution >= 0.6 is 0 Å². The van der Waals surface area contributed by atoms with Gasteiger partial charge in [0, 0.05) is 5.39 Å². The molecule has 4 rings (SSSR count). The van der Waals surface area contributed by atoms with E-state index in [4.69, 9.17) is 0 Å². The normalized spacial score (nSPS) is 11.1. The number of nitrogens with one attached hydrogen (secondary N) is 1. The highest BCUT2D eigenvalue weighted by molar-refractivity contribution is 6.21. The van der Waals surface area contributed by atoms with Crippen molar-refractivity contribution in [2.45, 2.75) is 0 Å². The third-order valence-electron chi connectivity index (χ3n) is 3.19. The molecule has 0 spiro atoms. The number of nitrogens with zero attached hydrogens (tertiary/aromatic N) is 1. The van der Waals surface area contributed by atoms with E-state index >= 15 is 0 Å². The fraction of sp³-hybridized carbons (Fsp3) is 0. The maximum Gasteiger partial charge on any atom is 0.201 e. The van der Waals surface area contributed by atoms with E-state index in [-0.39, 0.29) is 24.0 Å². The van der Waals surface area contributed by atoms with Crippen LogP contribution in [0.4, 0.5) is 0 Å². The SMILES string of the molecule is [I-].c1cc2ccc3c[nH+]nc4ccc(c1)c2c34. The maximum absolute atomic E-state index is 4.31. The minimum atomic E-state index is 0. The van der Waals surface area contributed by atoms with E-state index in [1.165, 1.54) is 26.9 Å². The molecule has 0 aliphatic heterocycles. The summed E-state index contributed by atoms with van der Waals surface area (Å²) in [6, 6.07) is 14.9. The van der Waals surface area contributed by atoms with Gasteiger partial charge in [0.15, 0.2) is 0 Å². The molecule has 0 aliphatic carbocycles. The van der Waals surface area contributed by atoms with Crippen molar-refractivity contribution in [2.24, 2.45) is 0 Å². The minimum Gasteiger partial charge on any atom is -1.00 e. The summed E-state index contributed by atoms with van der Waals surface area (Å²) in [6.07, 6.45) is 1.95. The molecule has 0 saturated carbocycles. The lowest BCUT2D eigenvalue weighted by atomic mass is 9.98. The molecule has 0 aliphatic rings. The topological polar surface area (TPSA) is 27.0 Å². The van der Waals surface area contributed by atoms with Crippen LogP contribution in [0, 0.1) is 0 Å². The van der Waals surface area contributed by atoms with Crippen molar-refractivity contribution in [3.05, 3.63) is 48.7 Å². The van der Waals surface area contributed by atoms with Crippen molar-refractivity contribution in [3.63, 3.8) is 0 Å². The van der Waals surface area contributed by atoms with Gasteiger partial charge in [0.25, 0.3) is 0 Å². The Morgan fingerprint density at radius 3 is 2.29 bits per heavy atom. The van der Waals surface area contributed by atoms with Gasteiger partial charge in [0.2, 0.25) is 6.20 Å². The van der Waals surface area contributed by atoms with Crippen molar-refractivity contribution in [1.29, 1.82) is 0 Å². The van der Waals surface area contributed by atoms with Crippen LogP contribution in [-0.2, 0) is 0 Å². The van der Waals surface area contributed by atoms with Crippen molar-refractivity contribution < 1.29 is 29.1 Å². The van der Waals surface area contributed by atoms with Crippen LogP contribution < -0.4 is 29.1 Å². The first kappa shape index (κ1) is 10.7. The summed E-state index contributed by atoms with van der Waals surface area (Å²) in [6.45, 7) is 0. The summed E-state index contributed by atoms with van der Waals surface area (Å²) in [5, 5.41) is 13.6. The molecule has 1 aromatic heterocycles. The highest BCUT2D eigenvalue weighted by atomic mass is 127. The molecule has 0 saturated heterocycles. The number of hydrogen-bond acceptors (Lipinski definition) is 1. The van der Waals surface area contributed by atoms with Crippen LogP contribution in [-0.4, -0.2) is 5.10 Å². The second-order valence-corrected chi connectivity index (χ2v) is 4.08. The van der Waals surface area contributed by atoms with E-state index in [1.807, 2.05) is 6.20 Å². The molecule has 82 valence electrons. The Morgan fingerprint density at radius 2 is 1.47 bits per heavy atom. The first-order valence-corrected chi connectivity index (χ1v) is 5.34. The smallest absolute Gasteiger partial charge is 0.201 e. The quantitative estimate of drug-likeness (QED) is 0.324. The van der Waals surface area contributed by atoms with Gasteiger partial charge >= 0.3 is 0 Å². The molecule has 3 aromatic carbocycles. The Bertz CT molecular complexity index is 681. The zero-order valence-corrected chi connectivity index (χ0v) is 11.1. The average molecular weight is 332 g/mol. The lowest BCUT2D eigenvalue weighted by molar-refractivity contribution is -0.450. The average Bonchev–Trinajstić information content (AvgIpc) is 2.36. The Kier molecular flexibility index (Phi) is 2.36. The predicted molar refractivity (Wildman–Crippen MR) is 64.5 cm³/mol. The summed E-state index contributed by atoms with van der Waals surface area (Å²) in [7, 11) is 0. The molecule has 0 fully saturated rings. The van der Waals surface area contributed by atoms with Crippen molar-refractivity contribution >= 4 is 32.4 Å². The van der Waals surface area contributed by atoms with Crippen LogP contribution in [0.3, 0.4) is 0 Å². The first-order valence-electron chi connectivity index (χ1n) is 5.34. The third-order valence-corrected chi connectivity index (χ3v) is 3.19. The summed E-state index contributed by atoms with van der Waals surface area (Å²) in [5.41, 5.74) is 1.03. The van der Waals surface area contributed by atoms with Crippen molar-refractivity contribution in [1.82, 2.24) is 5.10 Å². The van der Waals surface area contributed by atoms with Gasteiger partial charge in [-0.1, -0.05) is 30.3 Å². The van der Waals surface area contributed by atoms with Gasteiger partial charge in [-0.3, -0.25) is 0 Å². The molecule has 0 amide bonds. The number of benzene rings is 3. The number of rotatable bonds is 0. The highest BCUT2D eigenvalue weighted by Crippen LogP contribution is 2.31. The second kappa shape index (κ2) is 3.77. The second-order valence-electron chi connectivity index (χ2n) is 4.08. The fourth-order valence-corrected chi connectivity index (χ4v) is 2.48. The number of H-pyrrole nitrogens is 1. The largest absolute Gasteiger partial charge is 1.00 e. The van der Waals surface area contributed by atoms with Crippen LogP contribution in [0.2, 0.25) is 0 Å². The van der Waals surface area contributed by atoms with E-state index in [1.54, 1.807) is 0 Å².